The van der Waals surface area contributed by atoms with Crippen LogP contribution in [0.15, 0.2) is 23.3 Å². The Balaban J connectivity index is 1.55. The van der Waals surface area contributed by atoms with E-state index in [0.717, 1.165) is 11.1 Å². The van der Waals surface area contributed by atoms with E-state index < -0.39 is 29.7 Å². The average molecular weight is 555 g/mol. The Hall–Kier alpha value is -2.47. The molecule has 2 rings (SSSR count). The summed E-state index contributed by atoms with van der Waals surface area (Å²) in [7, 11) is 1.33. The van der Waals surface area contributed by atoms with Gasteiger partial charge in [-0.05, 0) is 51.2 Å². The molecule has 0 aromatic carbocycles. The van der Waals surface area contributed by atoms with Gasteiger partial charge in [0.15, 0.2) is 0 Å². The van der Waals surface area contributed by atoms with E-state index in [1.165, 1.54) is 7.11 Å². The van der Waals surface area contributed by atoms with Crippen molar-refractivity contribution in [2.24, 2.45) is 5.92 Å². The van der Waals surface area contributed by atoms with Crippen LogP contribution in [0.25, 0.3) is 0 Å². The highest BCUT2D eigenvalue weighted by Gasteiger charge is 2.33. The van der Waals surface area contributed by atoms with Crippen LogP contribution in [0.5, 0.6) is 0 Å². The lowest BCUT2D eigenvalue weighted by Crippen LogP contribution is -2.38. The lowest BCUT2D eigenvalue weighted by atomic mass is 9.89. The van der Waals surface area contributed by atoms with E-state index in [-0.39, 0.29) is 12.3 Å². The number of rotatable bonds is 16. The zero-order valence-corrected chi connectivity index (χ0v) is 23.9. The predicted molar refractivity (Wildman–Crippen MR) is 144 cm³/mol. The number of carbonyl (C=O) groups excluding carboxylic acids is 3. The Kier molecular flexibility index (Phi) is 14.5. The summed E-state index contributed by atoms with van der Waals surface area (Å²) < 4.78 is 26.6. The number of aliphatic hydroxyl groups excluding tert-OH is 1. The maximum atomic E-state index is 13.2. The van der Waals surface area contributed by atoms with E-state index in [1.54, 1.807) is 11.0 Å². The van der Waals surface area contributed by atoms with Crippen LogP contribution < -0.4 is 5.32 Å². The monoisotopic (exact) mass is 554 g/mol. The molecule has 0 saturated carbocycles. The van der Waals surface area contributed by atoms with Crippen LogP contribution in [0.4, 0.5) is 4.79 Å². The normalized spacial score (nSPS) is 19.5. The molecule has 2 aliphatic rings. The van der Waals surface area contributed by atoms with Crippen molar-refractivity contribution in [1.82, 2.24) is 10.2 Å². The Morgan fingerprint density at radius 1 is 1.03 bits per heavy atom. The van der Waals surface area contributed by atoms with E-state index in [0.29, 0.717) is 85.0 Å². The molecule has 39 heavy (non-hydrogen) atoms. The van der Waals surface area contributed by atoms with Gasteiger partial charge >= 0.3 is 12.1 Å². The number of amides is 2. The van der Waals surface area contributed by atoms with Crippen molar-refractivity contribution >= 4 is 18.0 Å². The third kappa shape index (κ3) is 13.4. The third-order valence-corrected chi connectivity index (χ3v) is 6.17. The lowest BCUT2D eigenvalue weighted by Gasteiger charge is -2.26. The number of ether oxygens (including phenoxy) is 5. The maximum absolute atomic E-state index is 13.2. The van der Waals surface area contributed by atoms with E-state index >= 15 is 0 Å². The fourth-order valence-electron chi connectivity index (χ4n) is 4.31. The number of hydrogen-bond acceptors (Lipinski definition) is 9. The van der Waals surface area contributed by atoms with Crippen molar-refractivity contribution in [3.05, 3.63) is 23.3 Å². The lowest BCUT2D eigenvalue weighted by molar-refractivity contribution is -0.146. The van der Waals surface area contributed by atoms with Crippen LogP contribution in [-0.4, -0.2) is 106 Å². The predicted octanol–water partition coefficient (Wildman–Crippen LogP) is 2.37. The van der Waals surface area contributed by atoms with Crippen LogP contribution in [0.2, 0.25) is 0 Å². The van der Waals surface area contributed by atoms with Crippen molar-refractivity contribution in [2.75, 3.05) is 66.4 Å². The van der Waals surface area contributed by atoms with Gasteiger partial charge in [0.2, 0.25) is 5.91 Å². The standard InChI is InChI=1S/C28H46N2O9/c1-28(2,3)39-27(34)29-9-5-11-36-13-15-38-16-14-37-12-6-10-30-20-23-18-24(31)8-7-21(23)17-22(26(30)33)19-25(32)35-4/h7-8,22,24,31H,5-6,9-20H2,1-4H3,(H,29,34). The van der Waals surface area contributed by atoms with Gasteiger partial charge in [-0.1, -0.05) is 12.2 Å². The number of carbonyl (C=O) groups is 3. The molecule has 1 heterocycles. The summed E-state index contributed by atoms with van der Waals surface area (Å²) in [5, 5.41) is 12.7. The highest BCUT2D eigenvalue weighted by molar-refractivity contribution is 5.85. The second-order valence-electron chi connectivity index (χ2n) is 10.7. The molecule has 2 unspecified atom stereocenters. The topological polar surface area (TPSA) is 133 Å². The summed E-state index contributed by atoms with van der Waals surface area (Å²) in [6.45, 7) is 9.66. The first kappa shape index (κ1) is 32.7. The summed E-state index contributed by atoms with van der Waals surface area (Å²) in [4.78, 5) is 38.3. The quantitative estimate of drug-likeness (QED) is 0.218. The Bertz CT molecular complexity index is 850. The molecule has 1 aliphatic carbocycles. The molecule has 0 bridgehead atoms. The summed E-state index contributed by atoms with van der Waals surface area (Å²) in [5.41, 5.74) is 1.56. The highest BCUT2D eigenvalue weighted by atomic mass is 16.6. The van der Waals surface area contributed by atoms with E-state index in [2.05, 4.69) is 5.32 Å². The summed E-state index contributed by atoms with van der Waals surface area (Å²) >= 11 is 0. The first-order valence-corrected chi connectivity index (χ1v) is 13.7. The van der Waals surface area contributed by atoms with Crippen LogP contribution in [-0.2, 0) is 33.3 Å². The second kappa shape index (κ2) is 17.3. The third-order valence-electron chi connectivity index (χ3n) is 6.17. The number of hydrogen-bond donors (Lipinski definition) is 2. The van der Waals surface area contributed by atoms with Crippen LogP contribution in [0.1, 0.15) is 52.9 Å². The number of nitrogens with one attached hydrogen (secondary N) is 1. The molecule has 0 aromatic rings. The molecule has 11 heteroatoms. The molecule has 11 nitrogen and oxygen atoms in total. The fraction of sp³-hybridized carbons (Fsp3) is 0.750. The van der Waals surface area contributed by atoms with Crippen molar-refractivity contribution in [2.45, 2.75) is 64.6 Å². The molecule has 0 radical (unpaired) electrons. The molecule has 1 aliphatic heterocycles. The van der Waals surface area contributed by atoms with Gasteiger partial charge in [-0.15, -0.1) is 0 Å². The molecular formula is C28H46N2O9. The number of allylic oxidation sites excluding steroid dienone is 2. The fourth-order valence-corrected chi connectivity index (χ4v) is 4.31. The number of aliphatic hydroxyl groups is 1. The van der Waals surface area contributed by atoms with Gasteiger partial charge in [-0.25, -0.2) is 4.79 Å². The van der Waals surface area contributed by atoms with Crippen molar-refractivity contribution < 1.29 is 43.2 Å². The largest absolute Gasteiger partial charge is 0.469 e. The first-order chi connectivity index (χ1) is 18.6. The van der Waals surface area contributed by atoms with Gasteiger partial charge in [-0.2, -0.15) is 0 Å². The number of alkyl carbamates (subject to hydrolysis) is 1. The number of methoxy groups -OCH3 is 1. The average Bonchev–Trinajstić information content (AvgIpc) is 2.99. The molecule has 0 aromatic heterocycles. The molecule has 0 spiro atoms. The van der Waals surface area contributed by atoms with E-state index in [4.69, 9.17) is 23.7 Å². The highest BCUT2D eigenvalue weighted by Crippen LogP contribution is 2.31. The second-order valence-corrected chi connectivity index (χ2v) is 10.7. The van der Waals surface area contributed by atoms with Gasteiger partial charge in [0.25, 0.3) is 0 Å². The molecule has 2 amide bonds. The minimum atomic E-state index is -0.548. The van der Waals surface area contributed by atoms with Gasteiger partial charge < -0.3 is 39.0 Å². The van der Waals surface area contributed by atoms with Gasteiger partial charge in [0.05, 0.1) is 52.0 Å². The first-order valence-electron chi connectivity index (χ1n) is 13.7. The number of esters is 1. The smallest absolute Gasteiger partial charge is 0.407 e. The Labute approximate surface area is 231 Å². The van der Waals surface area contributed by atoms with Crippen molar-refractivity contribution in [3.8, 4) is 0 Å². The molecular weight excluding hydrogens is 508 g/mol. The number of nitrogens with zero attached hydrogens (tertiary/aromatic N) is 1. The Morgan fingerprint density at radius 2 is 1.67 bits per heavy atom. The van der Waals surface area contributed by atoms with Gasteiger partial charge in [0, 0.05) is 39.3 Å². The molecule has 2 atom stereocenters. The molecule has 0 fully saturated rings. The Morgan fingerprint density at radius 3 is 2.31 bits per heavy atom. The maximum Gasteiger partial charge on any atom is 0.407 e. The van der Waals surface area contributed by atoms with Crippen LogP contribution >= 0.6 is 0 Å². The van der Waals surface area contributed by atoms with Gasteiger partial charge in [0.1, 0.15) is 5.60 Å². The minimum absolute atomic E-state index is 0.0412. The molecule has 0 saturated heterocycles. The SMILES string of the molecule is COC(=O)CC1CC2=C(CC(O)C=C2)CN(CCCOCCOCCOCCCNC(=O)OC(C)(C)C)C1=O. The van der Waals surface area contributed by atoms with E-state index in [9.17, 15) is 19.5 Å². The van der Waals surface area contributed by atoms with Crippen LogP contribution in [0.3, 0.4) is 0 Å². The van der Waals surface area contributed by atoms with E-state index in [1.807, 2.05) is 26.8 Å². The van der Waals surface area contributed by atoms with Crippen LogP contribution in [0, 0.1) is 5.92 Å². The van der Waals surface area contributed by atoms with Gasteiger partial charge in [-0.3, -0.25) is 9.59 Å². The minimum Gasteiger partial charge on any atom is -0.469 e. The zero-order valence-electron chi connectivity index (χ0n) is 23.9. The summed E-state index contributed by atoms with van der Waals surface area (Å²) in [6.07, 6.45) is 4.99. The zero-order chi connectivity index (χ0) is 28.7. The summed E-state index contributed by atoms with van der Waals surface area (Å²) in [6, 6.07) is 0. The molecule has 2 N–H and O–H groups in total. The van der Waals surface area contributed by atoms with Crippen molar-refractivity contribution in [1.29, 1.82) is 0 Å². The molecule has 222 valence electrons. The summed E-state index contributed by atoms with van der Waals surface area (Å²) in [5.74, 6) is -0.939. The van der Waals surface area contributed by atoms with Crippen molar-refractivity contribution in [3.63, 3.8) is 0 Å².